The van der Waals surface area contributed by atoms with Gasteiger partial charge < -0.3 is 10.1 Å². The molecule has 0 fully saturated rings. The number of rotatable bonds is 5. The minimum atomic E-state index is -2.98. The zero-order valence-electron chi connectivity index (χ0n) is 10.9. The first-order valence-electron chi connectivity index (χ1n) is 5.74. The number of carbonyl (C=O) groups is 1. The number of alkyl halides is 3. The van der Waals surface area contributed by atoms with Crippen molar-refractivity contribution in [1.29, 1.82) is 0 Å². The van der Waals surface area contributed by atoms with E-state index >= 15 is 0 Å². The number of benzene rings is 1. The van der Waals surface area contributed by atoms with Gasteiger partial charge >= 0.3 is 6.61 Å². The molecule has 0 aliphatic carbocycles. The zero-order chi connectivity index (χ0) is 14.6. The first kappa shape index (κ1) is 15.7. The van der Waals surface area contributed by atoms with Gasteiger partial charge in [0.2, 0.25) is 0 Å². The van der Waals surface area contributed by atoms with Crippen LogP contribution in [0.4, 0.5) is 8.78 Å². The van der Waals surface area contributed by atoms with E-state index in [0.717, 1.165) is 0 Å². The van der Waals surface area contributed by atoms with Crippen LogP contribution < -0.4 is 10.1 Å². The van der Waals surface area contributed by atoms with Gasteiger partial charge in [0.05, 0.1) is 16.5 Å². The average molecular weight is 292 g/mol. The van der Waals surface area contributed by atoms with Crippen LogP contribution in [0.3, 0.4) is 0 Å². The summed E-state index contributed by atoms with van der Waals surface area (Å²) in [5.74, 6) is -0.665. The van der Waals surface area contributed by atoms with Gasteiger partial charge in [-0.3, -0.25) is 4.79 Å². The van der Waals surface area contributed by atoms with E-state index in [4.69, 9.17) is 11.6 Å². The second-order valence-electron chi connectivity index (χ2n) is 4.67. The van der Waals surface area contributed by atoms with Gasteiger partial charge in [-0.25, -0.2) is 0 Å². The molecule has 1 N–H and O–H groups in total. The van der Waals surface area contributed by atoms with Crippen molar-refractivity contribution in [2.75, 3.05) is 0 Å². The number of hydrogen-bond donors (Lipinski definition) is 1. The maximum atomic E-state index is 12.3. The fraction of sp³-hybridized carbons (Fsp3) is 0.462. The molecule has 1 atom stereocenters. The molecule has 1 rings (SSSR count). The predicted octanol–water partition coefficient (Wildman–Crippen LogP) is 3.42. The van der Waals surface area contributed by atoms with Crippen molar-refractivity contribution in [3.05, 3.63) is 29.8 Å². The van der Waals surface area contributed by atoms with Crippen molar-refractivity contribution in [1.82, 2.24) is 5.32 Å². The lowest BCUT2D eigenvalue weighted by Gasteiger charge is -2.29. The van der Waals surface area contributed by atoms with Gasteiger partial charge in [-0.1, -0.05) is 12.1 Å². The highest BCUT2D eigenvalue weighted by atomic mass is 35.5. The van der Waals surface area contributed by atoms with E-state index in [1.54, 1.807) is 26.8 Å². The molecule has 0 spiro atoms. The van der Waals surface area contributed by atoms with Crippen LogP contribution in [0.25, 0.3) is 0 Å². The van der Waals surface area contributed by atoms with Crippen LogP contribution in [-0.4, -0.2) is 23.4 Å². The summed E-state index contributed by atoms with van der Waals surface area (Å²) >= 11 is 5.96. The predicted molar refractivity (Wildman–Crippen MR) is 69.9 cm³/mol. The van der Waals surface area contributed by atoms with Gasteiger partial charge in [-0.05, 0) is 32.9 Å². The summed E-state index contributed by atoms with van der Waals surface area (Å²) in [6.07, 6.45) is 0. The smallest absolute Gasteiger partial charge is 0.387 e. The maximum absolute atomic E-state index is 12.3. The zero-order valence-corrected chi connectivity index (χ0v) is 11.7. The molecule has 0 saturated carbocycles. The van der Waals surface area contributed by atoms with Crippen LogP contribution >= 0.6 is 11.6 Å². The Labute approximate surface area is 115 Å². The van der Waals surface area contributed by atoms with E-state index in [1.807, 2.05) is 0 Å². The Morgan fingerprint density at radius 2 is 1.95 bits per heavy atom. The SMILES string of the molecule is CC(Cl)C(C)(C)NC(=O)c1ccccc1OC(F)F. The van der Waals surface area contributed by atoms with Crippen LogP contribution in [0.15, 0.2) is 24.3 Å². The number of para-hydroxylation sites is 1. The van der Waals surface area contributed by atoms with Crippen molar-refractivity contribution < 1.29 is 18.3 Å². The van der Waals surface area contributed by atoms with E-state index in [9.17, 15) is 13.6 Å². The van der Waals surface area contributed by atoms with E-state index in [-0.39, 0.29) is 16.7 Å². The van der Waals surface area contributed by atoms with Crippen LogP contribution in [0, 0.1) is 0 Å². The monoisotopic (exact) mass is 291 g/mol. The molecule has 1 unspecified atom stereocenters. The Hall–Kier alpha value is -1.36. The minimum Gasteiger partial charge on any atom is -0.434 e. The first-order chi connectivity index (χ1) is 8.74. The van der Waals surface area contributed by atoms with E-state index < -0.39 is 18.1 Å². The Morgan fingerprint density at radius 3 is 2.47 bits per heavy atom. The van der Waals surface area contributed by atoms with E-state index in [1.165, 1.54) is 18.2 Å². The van der Waals surface area contributed by atoms with E-state index in [0.29, 0.717) is 0 Å². The summed E-state index contributed by atoms with van der Waals surface area (Å²) in [6, 6.07) is 5.83. The third-order valence-electron chi connectivity index (χ3n) is 2.78. The van der Waals surface area contributed by atoms with Gasteiger partial charge in [0.1, 0.15) is 5.75 Å². The molecule has 0 aromatic heterocycles. The minimum absolute atomic E-state index is 0.0493. The largest absolute Gasteiger partial charge is 0.434 e. The molecule has 0 radical (unpaired) electrons. The van der Waals surface area contributed by atoms with Crippen LogP contribution in [0.1, 0.15) is 31.1 Å². The summed E-state index contributed by atoms with van der Waals surface area (Å²) in [6.45, 7) is 2.26. The molecule has 1 aromatic rings. The molecule has 3 nitrogen and oxygen atoms in total. The first-order valence-corrected chi connectivity index (χ1v) is 6.18. The van der Waals surface area contributed by atoms with E-state index in [2.05, 4.69) is 10.1 Å². The summed E-state index contributed by atoms with van der Waals surface area (Å²) < 4.78 is 28.8. The normalized spacial score (nSPS) is 13.2. The molecule has 0 aliphatic heterocycles. The summed E-state index contributed by atoms with van der Waals surface area (Å²) in [5.41, 5.74) is -0.621. The van der Waals surface area contributed by atoms with Crippen LogP contribution in [0.2, 0.25) is 0 Å². The second-order valence-corrected chi connectivity index (χ2v) is 5.32. The number of hydrogen-bond acceptors (Lipinski definition) is 2. The molecular weight excluding hydrogens is 276 g/mol. The number of halogens is 3. The van der Waals surface area contributed by atoms with Crippen molar-refractivity contribution in [2.24, 2.45) is 0 Å². The third kappa shape index (κ3) is 4.35. The molecule has 0 bridgehead atoms. The van der Waals surface area contributed by atoms with Crippen LogP contribution in [0.5, 0.6) is 5.75 Å². The molecule has 19 heavy (non-hydrogen) atoms. The summed E-state index contributed by atoms with van der Waals surface area (Å²) in [4.78, 5) is 12.1. The topological polar surface area (TPSA) is 38.3 Å². The van der Waals surface area contributed by atoms with Crippen LogP contribution in [-0.2, 0) is 0 Å². The highest BCUT2D eigenvalue weighted by molar-refractivity contribution is 6.21. The molecule has 0 heterocycles. The van der Waals surface area contributed by atoms with Crippen molar-refractivity contribution >= 4 is 17.5 Å². The van der Waals surface area contributed by atoms with Gasteiger partial charge in [-0.2, -0.15) is 8.78 Å². The fourth-order valence-electron chi connectivity index (χ4n) is 1.31. The highest BCUT2D eigenvalue weighted by Crippen LogP contribution is 2.22. The highest BCUT2D eigenvalue weighted by Gasteiger charge is 2.27. The molecule has 0 saturated heterocycles. The molecule has 1 aromatic carbocycles. The number of nitrogens with one attached hydrogen (secondary N) is 1. The Morgan fingerprint density at radius 1 is 1.37 bits per heavy atom. The molecule has 6 heteroatoms. The molecule has 1 amide bonds. The number of amides is 1. The van der Waals surface area contributed by atoms with Gasteiger partial charge in [0.25, 0.3) is 5.91 Å². The molecule has 106 valence electrons. The second kappa shape index (κ2) is 6.19. The standard InChI is InChI=1S/C13H16ClF2NO2/c1-8(14)13(2,3)17-11(18)9-6-4-5-7-10(9)19-12(15)16/h4-8,12H,1-3H3,(H,17,18). The quantitative estimate of drug-likeness (QED) is 0.844. The lowest BCUT2D eigenvalue weighted by atomic mass is 10.0. The lowest BCUT2D eigenvalue weighted by molar-refractivity contribution is -0.0501. The van der Waals surface area contributed by atoms with Crippen molar-refractivity contribution in [2.45, 2.75) is 38.3 Å². The number of carbonyl (C=O) groups excluding carboxylic acids is 1. The molecule has 0 aliphatic rings. The maximum Gasteiger partial charge on any atom is 0.387 e. The average Bonchev–Trinajstić information content (AvgIpc) is 2.27. The molecular formula is C13H16ClF2NO2. The Balaban J connectivity index is 2.94. The van der Waals surface area contributed by atoms with Gasteiger partial charge in [0, 0.05) is 0 Å². The Bertz CT molecular complexity index is 450. The van der Waals surface area contributed by atoms with Gasteiger partial charge in [-0.15, -0.1) is 11.6 Å². The third-order valence-corrected chi connectivity index (χ3v) is 3.32. The fourth-order valence-corrected chi connectivity index (χ4v) is 1.37. The van der Waals surface area contributed by atoms with Gasteiger partial charge in [0.15, 0.2) is 0 Å². The summed E-state index contributed by atoms with van der Waals surface area (Å²) in [5, 5.41) is 2.37. The summed E-state index contributed by atoms with van der Waals surface area (Å²) in [7, 11) is 0. The lowest BCUT2D eigenvalue weighted by Crippen LogP contribution is -2.49. The van der Waals surface area contributed by atoms with Crippen molar-refractivity contribution in [3.8, 4) is 5.75 Å². The van der Waals surface area contributed by atoms with Crippen molar-refractivity contribution in [3.63, 3.8) is 0 Å². The number of ether oxygens (including phenoxy) is 1. The Kier molecular flexibility index (Phi) is 5.11.